The van der Waals surface area contributed by atoms with Gasteiger partial charge in [-0.2, -0.15) is 0 Å². The number of halogens is 2. The van der Waals surface area contributed by atoms with Gasteiger partial charge < -0.3 is 19.6 Å². The van der Waals surface area contributed by atoms with Crippen molar-refractivity contribution in [3.05, 3.63) is 72.1 Å². The van der Waals surface area contributed by atoms with Crippen molar-refractivity contribution in [2.75, 3.05) is 7.11 Å². The Morgan fingerprint density at radius 3 is 2.47 bits per heavy atom. The molecule has 236 valence electrons. The zero-order valence-corrected chi connectivity index (χ0v) is 27.6. The Morgan fingerprint density at radius 1 is 1.07 bits per heavy atom. The number of carboxylic acid groups (broad SMARTS) is 1. The minimum atomic E-state index is -1.20. The van der Waals surface area contributed by atoms with Gasteiger partial charge in [0.2, 0.25) is 11.8 Å². The Hall–Kier alpha value is -2.99. The van der Waals surface area contributed by atoms with Crippen LogP contribution < -0.4 is 14.3 Å². The number of hydrogen-bond acceptors (Lipinski definition) is 8. The van der Waals surface area contributed by atoms with E-state index in [4.69, 9.17) is 32.7 Å². The number of amides is 2. The smallest absolute Gasteiger partial charge is 0.327 e. The van der Waals surface area contributed by atoms with Crippen molar-refractivity contribution in [3.8, 4) is 11.5 Å². The number of thiazole rings is 1. The summed E-state index contributed by atoms with van der Waals surface area (Å²) in [7, 11) is 1.56. The van der Waals surface area contributed by atoms with E-state index in [1.165, 1.54) is 11.3 Å². The first-order valence-corrected chi connectivity index (χ1v) is 17.2. The molecule has 3 heterocycles. The lowest BCUT2D eigenvalue weighted by molar-refractivity contribution is -0.157. The second-order valence-corrected chi connectivity index (χ2v) is 15.5. The third kappa shape index (κ3) is 4.80. The molecule has 8 unspecified atom stereocenters. The molecule has 2 N–H and O–H groups in total. The number of nitrogens with zero attached hydrogens (tertiary/aromatic N) is 1. The molecule has 3 fully saturated rings. The normalized spacial score (nSPS) is 28.7. The van der Waals surface area contributed by atoms with Crippen LogP contribution in [0.1, 0.15) is 42.2 Å². The molecule has 4 aliphatic rings. The number of methoxy groups -OCH3 is 1. The molecule has 2 aliphatic carbocycles. The van der Waals surface area contributed by atoms with Gasteiger partial charge in [-0.05, 0) is 59.9 Å². The molecule has 2 amide bonds. The van der Waals surface area contributed by atoms with E-state index in [2.05, 4.69) is 4.98 Å². The van der Waals surface area contributed by atoms with Crippen LogP contribution in [0.5, 0.6) is 11.5 Å². The highest BCUT2D eigenvalue weighted by Crippen LogP contribution is 2.68. The number of aromatic nitrogens is 1. The number of hydrogen-bond donors (Lipinski definition) is 2. The molecule has 45 heavy (non-hydrogen) atoms. The van der Waals surface area contributed by atoms with Gasteiger partial charge in [-0.1, -0.05) is 60.5 Å². The summed E-state index contributed by atoms with van der Waals surface area (Å²) in [5, 5.41) is 11.7. The van der Waals surface area contributed by atoms with Crippen LogP contribution >= 0.6 is 46.3 Å². The number of carbonyl (C=O) groups is 3. The van der Waals surface area contributed by atoms with Gasteiger partial charge >= 0.3 is 10.8 Å². The van der Waals surface area contributed by atoms with Crippen LogP contribution in [0.15, 0.2) is 46.2 Å². The molecule has 7 rings (SSSR count). The monoisotopic (exact) mass is 688 g/mol. The van der Waals surface area contributed by atoms with Crippen molar-refractivity contribution >= 4 is 64.1 Å². The molecule has 2 saturated carbocycles. The summed E-state index contributed by atoms with van der Waals surface area (Å²) in [6, 6.07) is 9.73. The molecular weight excluding hydrogens is 659 g/mol. The highest BCUT2D eigenvalue weighted by molar-refractivity contribution is 8.00. The van der Waals surface area contributed by atoms with Crippen LogP contribution in [-0.4, -0.2) is 51.2 Å². The fraction of sp³-hybridized carbons (Fsp3) is 0.438. The lowest BCUT2D eigenvalue weighted by Crippen LogP contribution is -2.49. The van der Waals surface area contributed by atoms with E-state index in [0.29, 0.717) is 28.0 Å². The summed E-state index contributed by atoms with van der Waals surface area (Å²) in [6.07, 6.45) is 0.707. The zero-order chi connectivity index (χ0) is 31.9. The maximum absolute atomic E-state index is 13.9. The second-order valence-electron chi connectivity index (χ2n) is 12.5. The summed E-state index contributed by atoms with van der Waals surface area (Å²) in [5.41, 5.74) is 1.68. The van der Waals surface area contributed by atoms with E-state index in [-0.39, 0.29) is 52.2 Å². The SMILES string of the molecule is COc1cc(C2c3sc(=O)[nH]c3SC3C4CC(C5C(=O)N(C(C(=O)O)C(C)C)C(=O)C45)C23)ccc1OCc1ccc(Cl)cc1Cl. The molecule has 13 heteroatoms. The number of ether oxygens (including phenoxy) is 2. The highest BCUT2D eigenvalue weighted by Gasteiger charge is 2.70. The minimum absolute atomic E-state index is 0.0213. The van der Waals surface area contributed by atoms with Crippen LogP contribution in [0.3, 0.4) is 0 Å². The molecule has 8 atom stereocenters. The Labute approximate surface area is 277 Å². The van der Waals surface area contributed by atoms with E-state index >= 15 is 0 Å². The summed E-state index contributed by atoms with van der Waals surface area (Å²) < 4.78 is 11.9. The van der Waals surface area contributed by atoms with Crippen LogP contribution in [0, 0.1) is 35.5 Å². The molecule has 0 radical (unpaired) electrons. The fourth-order valence-corrected chi connectivity index (χ4v) is 11.5. The van der Waals surface area contributed by atoms with Gasteiger partial charge in [-0.3, -0.25) is 19.3 Å². The largest absolute Gasteiger partial charge is 0.493 e. The lowest BCUT2D eigenvalue weighted by atomic mass is 9.68. The first-order chi connectivity index (χ1) is 21.5. The fourth-order valence-electron chi connectivity index (χ4n) is 8.17. The van der Waals surface area contributed by atoms with Gasteiger partial charge in [-0.25, -0.2) is 4.79 Å². The number of H-pyrrole nitrogens is 1. The molecule has 2 aliphatic heterocycles. The summed E-state index contributed by atoms with van der Waals surface area (Å²) >= 11 is 15.1. The topological polar surface area (TPSA) is 126 Å². The first kappa shape index (κ1) is 30.7. The van der Waals surface area contributed by atoms with Gasteiger partial charge in [0.1, 0.15) is 12.6 Å². The number of thioether (sulfide) groups is 1. The van der Waals surface area contributed by atoms with Gasteiger partial charge in [0.15, 0.2) is 11.5 Å². The quantitative estimate of drug-likeness (QED) is 0.280. The van der Waals surface area contributed by atoms with Crippen molar-refractivity contribution in [1.82, 2.24) is 9.88 Å². The number of aliphatic carboxylic acids is 1. The number of aromatic amines is 1. The number of rotatable bonds is 8. The van der Waals surface area contributed by atoms with E-state index in [9.17, 15) is 24.3 Å². The highest BCUT2D eigenvalue weighted by atomic mass is 35.5. The number of imide groups is 1. The third-order valence-electron chi connectivity index (χ3n) is 9.87. The number of fused-ring (bicyclic) bond motifs is 9. The summed E-state index contributed by atoms with van der Waals surface area (Å²) in [6.45, 7) is 3.63. The Kier molecular flexibility index (Phi) is 7.74. The Bertz CT molecular complexity index is 1790. The molecule has 1 aromatic heterocycles. The predicted octanol–water partition coefficient (Wildman–Crippen LogP) is 5.91. The second kappa shape index (κ2) is 11.4. The number of likely N-dealkylation sites (tertiary alicyclic amines) is 1. The maximum atomic E-state index is 13.9. The number of benzene rings is 2. The predicted molar refractivity (Wildman–Crippen MR) is 170 cm³/mol. The summed E-state index contributed by atoms with van der Waals surface area (Å²) in [5.74, 6) is -2.93. The maximum Gasteiger partial charge on any atom is 0.327 e. The Balaban J connectivity index is 1.24. The Morgan fingerprint density at radius 2 is 1.80 bits per heavy atom. The van der Waals surface area contributed by atoms with Gasteiger partial charge in [0.05, 0.1) is 24.0 Å². The van der Waals surface area contributed by atoms with Crippen LogP contribution in [0.4, 0.5) is 0 Å². The molecule has 1 saturated heterocycles. The molecule has 0 spiro atoms. The van der Waals surface area contributed by atoms with E-state index < -0.39 is 29.8 Å². The van der Waals surface area contributed by atoms with Crippen molar-refractivity contribution in [2.45, 2.75) is 49.1 Å². The van der Waals surface area contributed by atoms with Crippen molar-refractivity contribution in [1.29, 1.82) is 0 Å². The minimum Gasteiger partial charge on any atom is -0.493 e. The average Bonchev–Trinajstić information content (AvgIpc) is 3.72. The number of carboxylic acids is 1. The third-order valence-corrected chi connectivity index (χ3v) is 13.0. The molecular formula is C32H30Cl2N2O7S2. The molecule has 2 aromatic carbocycles. The average molecular weight is 690 g/mol. The van der Waals surface area contributed by atoms with Gasteiger partial charge in [0.25, 0.3) is 0 Å². The standard InChI is InChI=1S/C32H30Cl2N2O7S2/c1-12(2)25(31(39)40)36-29(37)23-16-10-17(24(23)30(36)38)26-22(16)21(27-28(44-26)35-32(41)45-27)13-5-7-19(20(8-13)42-3)43-11-14-4-6-15(33)9-18(14)34/h4-9,12,16-17,21-26H,10-11H2,1-3H3,(H,35,41)(H,39,40). The van der Waals surface area contributed by atoms with Gasteiger partial charge in [-0.15, -0.1) is 11.8 Å². The number of carbonyl (C=O) groups excluding carboxylic acids is 2. The van der Waals surface area contributed by atoms with Crippen LogP contribution in [0.2, 0.25) is 10.0 Å². The van der Waals surface area contributed by atoms with Crippen molar-refractivity contribution < 1.29 is 29.0 Å². The molecule has 3 aromatic rings. The van der Waals surface area contributed by atoms with Crippen molar-refractivity contribution in [2.24, 2.45) is 35.5 Å². The van der Waals surface area contributed by atoms with E-state index in [1.807, 2.05) is 18.2 Å². The first-order valence-electron chi connectivity index (χ1n) is 14.7. The van der Waals surface area contributed by atoms with Gasteiger partial charge in [0, 0.05) is 31.7 Å². The number of nitrogens with one attached hydrogen (secondary N) is 1. The molecule has 9 nitrogen and oxygen atoms in total. The molecule has 2 bridgehead atoms. The van der Waals surface area contributed by atoms with E-state index in [0.717, 1.165) is 25.9 Å². The lowest BCUT2D eigenvalue weighted by Gasteiger charge is -2.43. The van der Waals surface area contributed by atoms with Crippen molar-refractivity contribution in [3.63, 3.8) is 0 Å². The van der Waals surface area contributed by atoms with E-state index in [1.54, 1.807) is 50.9 Å². The van der Waals surface area contributed by atoms with Crippen LogP contribution in [-0.2, 0) is 21.0 Å². The van der Waals surface area contributed by atoms with Crippen LogP contribution in [0.25, 0.3) is 0 Å². The summed E-state index contributed by atoms with van der Waals surface area (Å²) in [4.78, 5) is 57.3. The zero-order valence-electron chi connectivity index (χ0n) is 24.5.